The Morgan fingerprint density at radius 3 is 1.59 bits per heavy atom. The molecular formula is C55H59Cl2F3N8O11S3. The van der Waals surface area contributed by atoms with E-state index < -0.39 is 78.2 Å². The van der Waals surface area contributed by atoms with E-state index in [4.69, 9.17) is 32.5 Å². The van der Waals surface area contributed by atoms with Crippen LogP contribution in [0.25, 0.3) is 0 Å². The van der Waals surface area contributed by atoms with Crippen LogP contribution in [-0.4, -0.2) is 82.1 Å². The normalized spacial score (nSPS) is 13.4. The summed E-state index contributed by atoms with van der Waals surface area (Å²) in [6.45, 7) is 13.3. The van der Waals surface area contributed by atoms with Gasteiger partial charge in [-0.1, -0.05) is 67.3 Å². The molecular weight excluding hydrogens is 1170 g/mol. The number of rotatable bonds is 15. The second kappa shape index (κ2) is 24.3. The Hall–Kier alpha value is -7.19. The van der Waals surface area contributed by atoms with Crippen LogP contribution in [0.5, 0.6) is 11.6 Å². The largest absolute Gasteiger partial charge is 0.439 e. The van der Waals surface area contributed by atoms with Crippen molar-refractivity contribution in [3.05, 3.63) is 155 Å². The van der Waals surface area contributed by atoms with E-state index in [0.717, 1.165) is 38.4 Å². The second-order valence-electron chi connectivity index (χ2n) is 21.2. The highest BCUT2D eigenvalue weighted by molar-refractivity contribution is 7.94. The molecule has 0 bridgehead atoms. The maximum Gasteiger partial charge on any atom is 0.417 e. The Labute approximate surface area is 483 Å². The van der Waals surface area contributed by atoms with Gasteiger partial charge in [0.25, 0.3) is 0 Å². The van der Waals surface area contributed by atoms with Crippen LogP contribution in [0.2, 0.25) is 10.0 Å². The average Bonchev–Trinajstić information content (AvgIpc) is 4.07. The summed E-state index contributed by atoms with van der Waals surface area (Å²) in [6.07, 6.45) is -0.642. The van der Waals surface area contributed by atoms with E-state index in [1.54, 1.807) is 42.1 Å². The van der Waals surface area contributed by atoms with Gasteiger partial charge in [0, 0.05) is 52.8 Å². The first-order chi connectivity index (χ1) is 37.9. The number of aromatic nitrogens is 5. The van der Waals surface area contributed by atoms with Gasteiger partial charge in [0.2, 0.25) is 33.4 Å². The van der Waals surface area contributed by atoms with Crippen molar-refractivity contribution in [3.63, 3.8) is 0 Å². The van der Waals surface area contributed by atoms with Gasteiger partial charge in [-0.15, -0.1) is 0 Å². The first-order valence-corrected chi connectivity index (χ1v) is 30.0. The van der Waals surface area contributed by atoms with Crippen molar-refractivity contribution in [2.45, 2.75) is 122 Å². The Kier molecular flexibility index (Phi) is 19.0. The summed E-state index contributed by atoms with van der Waals surface area (Å²) in [7, 11) is -10.5. The molecule has 1 aliphatic carbocycles. The number of benzene rings is 3. The molecule has 0 saturated heterocycles. The van der Waals surface area contributed by atoms with Crippen molar-refractivity contribution in [2.24, 2.45) is 7.05 Å². The first kappa shape index (κ1) is 64.0. The van der Waals surface area contributed by atoms with Crippen molar-refractivity contribution in [2.75, 3.05) is 16.0 Å². The average molecular weight is 1230 g/mol. The van der Waals surface area contributed by atoms with Gasteiger partial charge < -0.3 is 25.2 Å². The van der Waals surface area contributed by atoms with E-state index in [1.807, 2.05) is 39.0 Å². The van der Waals surface area contributed by atoms with Gasteiger partial charge in [0.1, 0.15) is 26.8 Å². The Morgan fingerprint density at radius 2 is 1.13 bits per heavy atom. The number of nitrogens with zero attached hydrogens (tertiary/aromatic N) is 5. The smallest absolute Gasteiger partial charge is 0.417 e. The standard InChI is InChI=1S/C21H19ClN2O4S.C17H20ClN3O3S.C17H20F3N3O4S/c1-21(2,29(26,27)18-11-8-15(22)9-12-18)20(25)24-16-10-13-19(23-14-16)28-17-6-4-3-5-7-17;1-17(2,25(23,24)13-8-6-12(18)7-9-13)16(22)19-15-10-14(11-4-5-11)20-21(15)3;1-15(2,3)11-8-12(23-27-11)22-14(24)16(4,5)28(25,26)13-7-6-10(9-21-13)17(18,19)20/h3-14H,1-2H3,(H,24,25);6-11H,4-5H2,1-3H3,(H,19,22);6-9H,1-5H3,(H,22,23,24). The zero-order valence-corrected chi connectivity index (χ0v) is 49.9. The van der Waals surface area contributed by atoms with E-state index in [2.05, 4.69) is 36.2 Å². The second-order valence-corrected chi connectivity index (χ2v) is 29.5. The number of sulfone groups is 3. The van der Waals surface area contributed by atoms with Gasteiger partial charge in [-0.2, -0.15) is 18.3 Å². The lowest BCUT2D eigenvalue weighted by molar-refractivity contribution is -0.138. The van der Waals surface area contributed by atoms with Crippen molar-refractivity contribution in [3.8, 4) is 11.6 Å². The maximum atomic E-state index is 12.9. The van der Waals surface area contributed by atoms with E-state index in [9.17, 15) is 52.8 Å². The SMILES string of the molecule is CC(C)(C(=O)Nc1ccc(Oc2ccccc2)nc1)S(=O)(=O)c1ccc(Cl)cc1.CC(C)(C)c1cc(NC(=O)C(C)(C)S(=O)(=O)c2ccc(C(F)(F)F)cn2)no1.Cn1nc(C2CC2)cc1NC(=O)C(C)(C)S(=O)(=O)c1ccc(Cl)cc1. The number of pyridine rings is 2. The topological polar surface area (TPSA) is 269 Å². The van der Waals surface area contributed by atoms with Gasteiger partial charge >= 0.3 is 6.18 Å². The zero-order chi connectivity index (χ0) is 61.0. The summed E-state index contributed by atoms with van der Waals surface area (Å²) in [4.78, 5) is 45.6. The molecule has 4 aromatic heterocycles. The minimum Gasteiger partial charge on any atom is -0.439 e. The number of ether oxygens (including phenoxy) is 1. The highest BCUT2D eigenvalue weighted by Gasteiger charge is 2.46. The lowest BCUT2D eigenvalue weighted by Gasteiger charge is -2.24. The number of halogens is 5. The molecule has 82 heavy (non-hydrogen) atoms. The summed E-state index contributed by atoms with van der Waals surface area (Å²) < 4.78 is 122. The van der Waals surface area contributed by atoms with Crippen molar-refractivity contribution in [1.82, 2.24) is 24.9 Å². The molecule has 1 saturated carbocycles. The van der Waals surface area contributed by atoms with Gasteiger partial charge in [-0.25, -0.2) is 35.2 Å². The summed E-state index contributed by atoms with van der Waals surface area (Å²) in [5, 5.41) is 15.9. The van der Waals surface area contributed by atoms with E-state index in [1.165, 1.54) is 88.5 Å². The van der Waals surface area contributed by atoms with E-state index in [-0.39, 0.29) is 21.0 Å². The number of anilines is 3. The monoisotopic (exact) mass is 1230 g/mol. The molecule has 0 unspecified atom stereocenters. The fraction of sp³-hybridized carbons (Fsp3) is 0.327. The Morgan fingerprint density at radius 1 is 0.622 bits per heavy atom. The molecule has 1 fully saturated rings. The van der Waals surface area contributed by atoms with Crippen LogP contribution in [0.3, 0.4) is 0 Å². The van der Waals surface area contributed by atoms with Crippen LogP contribution in [-0.2, 0) is 62.5 Å². The zero-order valence-electron chi connectivity index (χ0n) is 46.0. The molecule has 0 aliphatic heterocycles. The molecule has 0 spiro atoms. The number of carbonyl (C=O) groups excluding carboxylic acids is 3. The minimum absolute atomic E-state index is 0.0202. The third-order valence-corrected chi connectivity index (χ3v) is 20.5. The fourth-order valence-corrected chi connectivity index (χ4v) is 11.2. The van der Waals surface area contributed by atoms with Gasteiger partial charge in [0.05, 0.1) is 32.9 Å². The molecule has 27 heteroatoms. The lowest BCUT2D eigenvalue weighted by atomic mass is 9.93. The maximum absolute atomic E-state index is 12.9. The highest BCUT2D eigenvalue weighted by atomic mass is 35.5. The molecule has 1 aliphatic rings. The van der Waals surface area contributed by atoms with Gasteiger partial charge in [-0.05, 0) is 133 Å². The first-order valence-electron chi connectivity index (χ1n) is 24.8. The van der Waals surface area contributed by atoms with Crippen molar-refractivity contribution in [1.29, 1.82) is 0 Å². The van der Waals surface area contributed by atoms with Crippen LogP contribution < -0.4 is 20.7 Å². The van der Waals surface area contributed by atoms with Crippen LogP contribution >= 0.6 is 23.2 Å². The molecule has 0 radical (unpaired) electrons. The Bertz CT molecular complexity index is 3780. The van der Waals surface area contributed by atoms with Gasteiger partial charge in [0.15, 0.2) is 35.3 Å². The molecule has 3 aromatic carbocycles. The molecule has 3 N–H and O–H groups in total. The summed E-state index contributed by atoms with van der Waals surface area (Å²) >= 11 is 11.6. The lowest BCUT2D eigenvalue weighted by Crippen LogP contribution is -2.44. The molecule has 4 heterocycles. The molecule has 438 valence electrons. The number of nitrogens with one attached hydrogen (secondary N) is 3. The summed E-state index contributed by atoms with van der Waals surface area (Å²) in [6, 6.07) is 28.4. The predicted octanol–water partition coefficient (Wildman–Crippen LogP) is 11.4. The number of carbonyl (C=O) groups is 3. The number of amides is 3. The summed E-state index contributed by atoms with van der Waals surface area (Å²) in [5.41, 5.74) is -0.182. The van der Waals surface area contributed by atoms with Gasteiger partial charge in [-0.3, -0.25) is 19.1 Å². The molecule has 8 rings (SSSR count). The van der Waals surface area contributed by atoms with Crippen molar-refractivity contribution < 1.29 is 62.1 Å². The third kappa shape index (κ3) is 14.7. The van der Waals surface area contributed by atoms with E-state index in [0.29, 0.717) is 57.1 Å². The van der Waals surface area contributed by atoms with Crippen LogP contribution in [0.15, 0.2) is 147 Å². The number of para-hydroxylation sites is 1. The van der Waals surface area contributed by atoms with E-state index >= 15 is 0 Å². The van der Waals surface area contributed by atoms with Crippen LogP contribution in [0.4, 0.5) is 30.5 Å². The number of hydrogen-bond acceptors (Lipinski definition) is 15. The molecule has 19 nitrogen and oxygen atoms in total. The third-order valence-electron chi connectivity index (χ3n) is 12.8. The minimum atomic E-state index is -4.65. The summed E-state index contributed by atoms with van der Waals surface area (Å²) in [5.74, 6) is 0.219. The number of aryl methyl sites for hydroxylation is 1. The number of alkyl halides is 3. The molecule has 7 aromatic rings. The van der Waals surface area contributed by atoms with Crippen molar-refractivity contribution >= 4 is 87.8 Å². The number of hydrogen-bond donors (Lipinski definition) is 3. The van der Waals surface area contributed by atoms with Crippen LogP contribution in [0, 0.1) is 0 Å². The molecule has 3 amide bonds. The Balaban J connectivity index is 0.000000198. The predicted molar refractivity (Wildman–Crippen MR) is 303 cm³/mol. The fourth-order valence-electron chi connectivity index (χ4n) is 6.96. The molecule has 0 atom stereocenters. The van der Waals surface area contributed by atoms with Crippen LogP contribution in [0.1, 0.15) is 98.1 Å². The quantitative estimate of drug-likeness (QED) is 0.0861. The highest BCUT2D eigenvalue weighted by Crippen LogP contribution is 2.40.